The molecule has 0 bridgehead atoms. The second-order valence-electron chi connectivity index (χ2n) is 3.90. The zero-order chi connectivity index (χ0) is 13.8. The van der Waals surface area contributed by atoms with Crippen molar-refractivity contribution in [3.63, 3.8) is 0 Å². The Morgan fingerprint density at radius 2 is 1.68 bits per heavy atom. The van der Waals surface area contributed by atoms with E-state index in [2.05, 4.69) is 0 Å². The fourth-order valence-corrected chi connectivity index (χ4v) is 1.87. The second-order valence-corrected chi connectivity index (χ2v) is 4.34. The van der Waals surface area contributed by atoms with E-state index in [0.29, 0.717) is 27.6 Å². The highest BCUT2D eigenvalue weighted by Gasteiger charge is 2.15. The maximum atomic E-state index is 12.4. The maximum absolute atomic E-state index is 12.4. The van der Waals surface area contributed by atoms with Crippen LogP contribution in [0.1, 0.15) is 15.9 Å². The van der Waals surface area contributed by atoms with Crippen molar-refractivity contribution in [2.75, 3.05) is 14.2 Å². The summed E-state index contributed by atoms with van der Waals surface area (Å²) in [6.07, 6.45) is 0. The molecule has 98 valence electrons. The first-order valence-electron chi connectivity index (χ1n) is 5.68. The molecule has 0 heterocycles. The van der Waals surface area contributed by atoms with E-state index < -0.39 is 0 Å². The highest BCUT2D eigenvalue weighted by atomic mass is 35.5. The molecule has 0 aliphatic rings. The monoisotopic (exact) mass is 276 g/mol. The van der Waals surface area contributed by atoms with Gasteiger partial charge in [0, 0.05) is 16.7 Å². The third-order valence-corrected chi connectivity index (χ3v) is 3.01. The standard InChI is InChI=1S/C15H13ClO3/c1-18-12-7-8-13(14(9-12)19-2)15(17)10-3-5-11(16)6-4-10/h3-9H,1-2H3. The summed E-state index contributed by atoms with van der Waals surface area (Å²) in [7, 11) is 3.09. The minimum atomic E-state index is -0.115. The van der Waals surface area contributed by atoms with Gasteiger partial charge in [0.1, 0.15) is 11.5 Å². The van der Waals surface area contributed by atoms with E-state index in [1.54, 1.807) is 49.6 Å². The first kappa shape index (κ1) is 13.4. The molecule has 0 amide bonds. The Morgan fingerprint density at radius 1 is 1.00 bits per heavy atom. The van der Waals surface area contributed by atoms with Crippen LogP contribution in [0.2, 0.25) is 5.02 Å². The topological polar surface area (TPSA) is 35.5 Å². The Morgan fingerprint density at radius 3 is 2.26 bits per heavy atom. The first-order valence-corrected chi connectivity index (χ1v) is 6.06. The number of ether oxygens (including phenoxy) is 2. The van der Waals surface area contributed by atoms with Crippen LogP contribution in [0.4, 0.5) is 0 Å². The number of hydrogen-bond donors (Lipinski definition) is 0. The largest absolute Gasteiger partial charge is 0.497 e. The minimum absolute atomic E-state index is 0.115. The minimum Gasteiger partial charge on any atom is -0.497 e. The van der Waals surface area contributed by atoms with Crippen LogP contribution in [-0.4, -0.2) is 20.0 Å². The van der Waals surface area contributed by atoms with Crippen LogP contribution in [0.25, 0.3) is 0 Å². The second kappa shape index (κ2) is 5.76. The average molecular weight is 277 g/mol. The predicted molar refractivity (Wildman–Crippen MR) is 74.4 cm³/mol. The Bertz CT molecular complexity index is 591. The van der Waals surface area contributed by atoms with Gasteiger partial charge in [-0.15, -0.1) is 0 Å². The average Bonchev–Trinajstić information content (AvgIpc) is 2.46. The molecule has 2 rings (SSSR count). The van der Waals surface area contributed by atoms with E-state index in [4.69, 9.17) is 21.1 Å². The van der Waals surface area contributed by atoms with Crippen LogP contribution in [0, 0.1) is 0 Å². The molecule has 19 heavy (non-hydrogen) atoms. The Balaban J connectivity index is 2.40. The Hall–Kier alpha value is -2.00. The summed E-state index contributed by atoms with van der Waals surface area (Å²) in [5.41, 5.74) is 1.05. The first-order chi connectivity index (χ1) is 9.15. The van der Waals surface area contributed by atoms with Crippen molar-refractivity contribution >= 4 is 17.4 Å². The maximum Gasteiger partial charge on any atom is 0.196 e. The van der Waals surface area contributed by atoms with Gasteiger partial charge in [-0.2, -0.15) is 0 Å². The summed E-state index contributed by atoms with van der Waals surface area (Å²) in [6.45, 7) is 0. The molecule has 3 nitrogen and oxygen atoms in total. The Labute approximate surface area is 116 Å². The van der Waals surface area contributed by atoms with Crippen molar-refractivity contribution in [2.24, 2.45) is 0 Å². The predicted octanol–water partition coefficient (Wildman–Crippen LogP) is 3.59. The van der Waals surface area contributed by atoms with Crippen molar-refractivity contribution in [2.45, 2.75) is 0 Å². The van der Waals surface area contributed by atoms with Gasteiger partial charge in [0.25, 0.3) is 0 Å². The summed E-state index contributed by atoms with van der Waals surface area (Å²) in [5, 5.41) is 0.596. The third kappa shape index (κ3) is 2.88. The van der Waals surface area contributed by atoms with Gasteiger partial charge in [0.05, 0.1) is 19.8 Å². The van der Waals surface area contributed by atoms with Crippen LogP contribution >= 0.6 is 11.6 Å². The summed E-state index contributed by atoms with van der Waals surface area (Å²) >= 11 is 5.81. The number of hydrogen-bond acceptors (Lipinski definition) is 3. The highest BCUT2D eigenvalue weighted by molar-refractivity contribution is 6.30. The summed E-state index contributed by atoms with van der Waals surface area (Å²) in [6, 6.07) is 11.8. The molecular formula is C15H13ClO3. The molecule has 0 aromatic heterocycles. The van der Waals surface area contributed by atoms with E-state index >= 15 is 0 Å². The van der Waals surface area contributed by atoms with Crippen LogP contribution in [0.3, 0.4) is 0 Å². The lowest BCUT2D eigenvalue weighted by atomic mass is 10.0. The van der Waals surface area contributed by atoms with Gasteiger partial charge in [-0.25, -0.2) is 0 Å². The van der Waals surface area contributed by atoms with Crippen molar-refractivity contribution < 1.29 is 14.3 Å². The zero-order valence-corrected chi connectivity index (χ0v) is 11.4. The molecule has 0 fully saturated rings. The van der Waals surface area contributed by atoms with E-state index in [1.807, 2.05) is 0 Å². The van der Waals surface area contributed by atoms with Gasteiger partial charge < -0.3 is 9.47 Å². The van der Waals surface area contributed by atoms with E-state index in [0.717, 1.165) is 0 Å². The van der Waals surface area contributed by atoms with Crippen molar-refractivity contribution in [3.8, 4) is 11.5 Å². The molecule has 0 aliphatic carbocycles. The number of methoxy groups -OCH3 is 2. The van der Waals surface area contributed by atoms with E-state index in [9.17, 15) is 4.79 Å². The lowest BCUT2D eigenvalue weighted by molar-refractivity contribution is 0.103. The Kier molecular flexibility index (Phi) is 4.07. The van der Waals surface area contributed by atoms with Crippen molar-refractivity contribution in [3.05, 3.63) is 58.6 Å². The molecule has 0 unspecified atom stereocenters. The summed E-state index contributed by atoms with van der Waals surface area (Å²) in [5.74, 6) is 1.01. The van der Waals surface area contributed by atoms with E-state index in [1.165, 1.54) is 7.11 Å². The third-order valence-electron chi connectivity index (χ3n) is 2.76. The fraction of sp³-hybridized carbons (Fsp3) is 0.133. The molecule has 0 saturated heterocycles. The van der Waals surface area contributed by atoms with Crippen LogP contribution in [0.15, 0.2) is 42.5 Å². The molecular weight excluding hydrogens is 264 g/mol. The number of carbonyl (C=O) groups excluding carboxylic acids is 1. The molecule has 0 aliphatic heterocycles. The van der Waals surface area contributed by atoms with Crippen molar-refractivity contribution in [1.29, 1.82) is 0 Å². The lowest BCUT2D eigenvalue weighted by Gasteiger charge is -2.09. The normalized spacial score (nSPS) is 10.1. The van der Waals surface area contributed by atoms with Gasteiger partial charge in [-0.1, -0.05) is 11.6 Å². The van der Waals surface area contributed by atoms with Crippen molar-refractivity contribution in [1.82, 2.24) is 0 Å². The van der Waals surface area contributed by atoms with Gasteiger partial charge in [-0.3, -0.25) is 4.79 Å². The van der Waals surface area contributed by atoms with Gasteiger partial charge in [-0.05, 0) is 36.4 Å². The molecule has 2 aromatic carbocycles. The molecule has 0 radical (unpaired) electrons. The number of ketones is 1. The van der Waals surface area contributed by atoms with Gasteiger partial charge in [0.15, 0.2) is 5.78 Å². The van der Waals surface area contributed by atoms with Crippen LogP contribution in [0.5, 0.6) is 11.5 Å². The van der Waals surface area contributed by atoms with E-state index in [-0.39, 0.29) is 5.78 Å². The molecule has 0 saturated carbocycles. The number of benzene rings is 2. The fourth-order valence-electron chi connectivity index (χ4n) is 1.74. The summed E-state index contributed by atoms with van der Waals surface area (Å²) in [4.78, 5) is 12.4. The smallest absolute Gasteiger partial charge is 0.196 e. The van der Waals surface area contributed by atoms with Gasteiger partial charge >= 0.3 is 0 Å². The number of carbonyl (C=O) groups is 1. The SMILES string of the molecule is COc1ccc(C(=O)c2ccc(Cl)cc2)c(OC)c1. The number of rotatable bonds is 4. The molecule has 0 spiro atoms. The quantitative estimate of drug-likeness (QED) is 0.801. The van der Waals surface area contributed by atoms with Crippen LogP contribution in [-0.2, 0) is 0 Å². The summed E-state index contributed by atoms with van der Waals surface area (Å²) < 4.78 is 10.3. The number of halogens is 1. The molecule has 0 N–H and O–H groups in total. The zero-order valence-electron chi connectivity index (χ0n) is 10.6. The van der Waals surface area contributed by atoms with Crippen LogP contribution < -0.4 is 9.47 Å². The molecule has 2 aromatic rings. The lowest BCUT2D eigenvalue weighted by Crippen LogP contribution is -2.04. The highest BCUT2D eigenvalue weighted by Crippen LogP contribution is 2.27. The molecule has 4 heteroatoms. The molecule has 0 atom stereocenters. The van der Waals surface area contributed by atoms with Gasteiger partial charge in [0.2, 0.25) is 0 Å².